The number of rotatable bonds is 13. The van der Waals surface area contributed by atoms with Gasteiger partial charge in [-0.15, -0.1) is 0 Å². The van der Waals surface area contributed by atoms with Crippen molar-refractivity contribution in [3.05, 3.63) is 111 Å². The van der Waals surface area contributed by atoms with Crippen LogP contribution >= 0.6 is 0 Å². The molecule has 0 unspecified atom stereocenters. The van der Waals surface area contributed by atoms with Crippen molar-refractivity contribution in [3.8, 4) is 5.75 Å². The fourth-order valence-corrected chi connectivity index (χ4v) is 4.41. The SMILES string of the molecule is C[C@@H]1OC(c2ccc(OCCCO)cc2)=N[C@]1(Cc1ccccc1CN=[N+]=[N-])C(=O)NNCc1cccc(F)c1. The van der Waals surface area contributed by atoms with E-state index in [1.54, 1.807) is 43.3 Å². The zero-order valence-corrected chi connectivity index (χ0v) is 22.1. The number of aliphatic hydroxyl groups excluding tert-OH is 1. The summed E-state index contributed by atoms with van der Waals surface area (Å²) < 4.78 is 25.3. The molecule has 1 heterocycles. The second-order valence-corrected chi connectivity index (χ2v) is 9.32. The zero-order chi connectivity index (χ0) is 28.4. The van der Waals surface area contributed by atoms with E-state index in [9.17, 15) is 9.18 Å². The van der Waals surface area contributed by atoms with Crippen LogP contribution in [0.2, 0.25) is 0 Å². The summed E-state index contributed by atoms with van der Waals surface area (Å²) in [4.78, 5) is 21.5. The monoisotopic (exact) mass is 546 g/mol. The van der Waals surface area contributed by atoms with E-state index >= 15 is 0 Å². The normalized spacial score (nSPS) is 17.9. The van der Waals surface area contributed by atoms with Crippen LogP contribution in [0.5, 0.6) is 5.75 Å². The van der Waals surface area contributed by atoms with Crippen molar-refractivity contribution in [1.29, 1.82) is 0 Å². The Balaban J connectivity index is 1.61. The Kier molecular flexibility index (Phi) is 9.69. The minimum atomic E-state index is -1.35. The lowest BCUT2D eigenvalue weighted by Gasteiger charge is -2.29. The van der Waals surface area contributed by atoms with Crippen LogP contribution in [0.1, 0.15) is 35.6 Å². The molecule has 3 N–H and O–H groups in total. The van der Waals surface area contributed by atoms with E-state index in [2.05, 4.69) is 20.9 Å². The Bertz CT molecular complexity index is 1390. The first-order valence-electron chi connectivity index (χ1n) is 12.9. The number of halogens is 1. The van der Waals surface area contributed by atoms with Crippen LogP contribution in [0.25, 0.3) is 10.4 Å². The van der Waals surface area contributed by atoms with Crippen LogP contribution in [0.15, 0.2) is 82.9 Å². The topological polar surface area (TPSA) is 141 Å². The zero-order valence-electron chi connectivity index (χ0n) is 22.1. The number of amides is 1. The molecule has 3 aromatic rings. The molecule has 208 valence electrons. The maximum atomic E-state index is 13.8. The van der Waals surface area contributed by atoms with E-state index in [1.165, 1.54) is 12.1 Å². The minimum Gasteiger partial charge on any atom is -0.494 e. The molecule has 0 aliphatic carbocycles. The predicted octanol–water partition coefficient (Wildman–Crippen LogP) is 4.37. The van der Waals surface area contributed by atoms with Crippen molar-refractivity contribution in [2.24, 2.45) is 10.1 Å². The van der Waals surface area contributed by atoms with Gasteiger partial charge in [-0.1, -0.05) is 41.5 Å². The summed E-state index contributed by atoms with van der Waals surface area (Å²) in [6.07, 6.45) is 0.0672. The Hall–Kier alpha value is -4.44. The fraction of sp³-hybridized carbons (Fsp3) is 0.310. The first-order valence-corrected chi connectivity index (χ1v) is 12.9. The summed E-state index contributed by atoms with van der Waals surface area (Å²) in [5.41, 5.74) is 16.0. The second-order valence-electron chi connectivity index (χ2n) is 9.32. The number of azide groups is 1. The van der Waals surface area contributed by atoms with Crippen LogP contribution in [0.3, 0.4) is 0 Å². The summed E-state index contributed by atoms with van der Waals surface area (Å²) in [6.45, 7) is 2.56. The third-order valence-corrected chi connectivity index (χ3v) is 6.59. The van der Waals surface area contributed by atoms with Gasteiger partial charge in [0.25, 0.3) is 5.91 Å². The molecule has 4 rings (SSSR count). The summed E-state index contributed by atoms with van der Waals surface area (Å²) in [7, 11) is 0. The van der Waals surface area contributed by atoms with E-state index in [0.29, 0.717) is 35.8 Å². The maximum absolute atomic E-state index is 13.8. The lowest BCUT2D eigenvalue weighted by molar-refractivity contribution is -0.129. The van der Waals surface area contributed by atoms with Gasteiger partial charge >= 0.3 is 0 Å². The van der Waals surface area contributed by atoms with Gasteiger partial charge in [0.2, 0.25) is 5.90 Å². The average Bonchev–Trinajstić information content (AvgIpc) is 3.29. The molecule has 40 heavy (non-hydrogen) atoms. The number of hydrazine groups is 1. The van der Waals surface area contributed by atoms with Crippen molar-refractivity contribution in [3.63, 3.8) is 0 Å². The third kappa shape index (κ3) is 6.95. The first-order chi connectivity index (χ1) is 19.4. The van der Waals surface area contributed by atoms with E-state index in [0.717, 1.165) is 11.1 Å². The number of hydrogen-bond acceptors (Lipinski definition) is 7. The van der Waals surface area contributed by atoms with Crippen molar-refractivity contribution in [2.45, 2.75) is 44.5 Å². The van der Waals surface area contributed by atoms with Crippen molar-refractivity contribution >= 4 is 11.8 Å². The van der Waals surface area contributed by atoms with Gasteiger partial charge in [0.15, 0.2) is 5.54 Å². The highest BCUT2D eigenvalue weighted by Crippen LogP contribution is 2.33. The Morgan fingerprint density at radius 2 is 1.95 bits per heavy atom. The van der Waals surface area contributed by atoms with E-state index < -0.39 is 17.6 Å². The molecule has 0 saturated carbocycles. The van der Waals surface area contributed by atoms with E-state index in [4.69, 9.17) is 25.1 Å². The first kappa shape index (κ1) is 28.6. The van der Waals surface area contributed by atoms with Crippen LogP contribution in [0.4, 0.5) is 4.39 Å². The van der Waals surface area contributed by atoms with Gasteiger partial charge < -0.3 is 14.6 Å². The molecule has 0 spiro atoms. The summed E-state index contributed by atoms with van der Waals surface area (Å²) in [5, 5.41) is 12.6. The number of aliphatic hydroxyl groups is 1. The molecule has 0 saturated heterocycles. The Morgan fingerprint density at radius 3 is 2.67 bits per heavy atom. The molecule has 10 nitrogen and oxygen atoms in total. The van der Waals surface area contributed by atoms with Crippen molar-refractivity contribution in [2.75, 3.05) is 13.2 Å². The highest BCUT2D eigenvalue weighted by molar-refractivity contribution is 6.00. The molecule has 1 amide bonds. The van der Waals surface area contributed by atoms with Crippen LogP contribution in [-0.2, 0) is 29.0 Å². The number of nitrogens with zero attached hydrogens (tertiary/aromatic N) is 4. The quantitative estimate of drug-likeness (QED) is 0.0960. The van der Waals surface area contributed by atoms with Crippen molar-refractivity contribution in [1.82, 2.24) is 10.9 Å². The lowest BCUT2D eigenvalue weighted by Crippen LogP contribution is -2.55. The largest absolute Gasteiger partial charge is 0.494 e. The van der Waals surface area contributed by atoms with Gasteiger partial charge in [0.05, 0.1) is 13.2 Å². The molecule has 0 fully saturated rings. The minimum absolute atomic E-state index is 0.0495. The summed E-state index contributed by atoms with van der Waals surface area (Å²) in [6, 6.07) is 20.6. The van der Waals surface area contributed by atoms with E-state index in [1.807, 2.05) is 24.3 Å². The summed E-state index contributed by atoms with van der Waals surface area (Å²) >= 11 is 0. The molecule has 0 bridgehead atoms. The van der Waals surface area contributed by atoms with Crippen molar-refractivity contribution < 1.29 is 23.8 Å². The number of nitrogens with one attached hydrogen (secondary N) is 2. The second kappa shape index (κ2) is 13.6. The van der Waals surface area contributed by atoms with Gasteiger partial charge in [-0.2, -0.15) is 0 Å². The van der Waals surface area contributed by atoms with Crippen LogP contribution in [-0.4, -0.2) is 41.8 Å². The third-order valence-electron chi connectivity index (χ3n) is 6.59. The standard InChI is InChI=1S/C29H31FN6O4/c1-20-29(17-23-7-2-3-8-24(23)19-33-36-31,28(38)35-32-18-21-6-4-9-25(30)16-21)34-27(40-20)22-10-12-26(13-11-22)39-15-5-14-37/h2-4,6-13,16,20,32,37H,5,14-15,17-19H2,1H3,(H,35,38)/t20-,29-/m0/s1. The maximum Gasteiger partial charge on any atom is 0.266 e. The van der Waals surface area contributed by atoms with Crippen LogP contribution < -0.4 is 15.6 Å². The molecular weight excluding hydrogens is 515 g/mol. The number of carbonyl (C=O) groups is 1. The van der Waals surface area contributed by atoms with Gasteiger partial charge in [0.1, 0.15) is 17.7 Å². The lowest BCUT2D eigenvalue weighted by atomic mass is 9.84. The number of carbonyl (C=O) groups excluding carboxylic acids is 1. The number of aliphatic imine (C=N–C) groups is 1. The van der Waals surface area contributed by atoms with E-state index in [-0.39, 0.29) is 31.9 Å². The predicted molar refractivity (Wildman–Crippen MR) is 148 cm³/mol. The highest BCUT2D eigenvalue weighted by atomic mass is 19.1. The van der Waals surface area contributed by atoms with Gasteiger partial charge in [0, 0.05) is 36.5 Å². The molecule has 0 radical (unpaired) electrons. The average molecular weight is 547 g/mol. The molecule has 2 atom stereocenters. The van der Waals surface area contributed by atoms with Gasteiger partial charge in [-0.25, -0.2) is 14.8 Å². The highest BCUT2D eigenvalue weighted by Gasteiger charge is 2.50. The summed E-state index contributed by atoms with van der Waals surface area (Å²) in [5.74, 6) is 0.160. The molecule has 3 aromatic carbocycles. The molecular formula is C29H31FN6O4. The molecule has 1 aliphatic heterocycles. The van der Waals surface area contributed by atoms with Gasteiger partial charge in [-0.05, 0) is 65.5 Å². The molecule has 11 heteroatoms. The molecule has 0 aromatic heterocycles. The number of ether oxygens (including phenoxy) is 2. The van der Waals surface area contributed by atoms with Gasteiger partial charge in [-0.3, -0.25) is 10.2 Å². The Morgan fingerprint density at radius 1 is 1.18 bits per heavy atom. The fourth-order valence-electron chi connectivity index (χ4n) is 4.41. The van der Waals surface area contributed by atoms with Crippen LogP contribution in [0, 0.1) is 5.82 Å². The Labute approximate surface area is 231 Å². The molecule has 1 aliphatic rings. The smallest absolute Gasteiger partial charge is 0.266 e. The number of hydrogen-bond donors (Lipinski definition) is 3. The number of benzene rings is 3.